The van der Waals surface area contributed by atoms with Crippen LogP contribution in [-0.4, -0.2) is 36.7 Å². The van der Waals surface area contributed by atoms with E-state index >= 15 is 0 Å². The lowest BCUT2D eigenvalue weighted by Crippen LogP contribution is -2.54. The second kappa shape index (κ2) is 11.6. The van der Waals surface area contributed by atoms with Crippen molar-refractivity contribution in [3.8, 4) is 0 Å². The first-order valence-electron chi connectivity index (χ1n) is 10.7. The van der Waals surface area contributed by atoms with Gasteiger partial charge in [0.15, 0.2) is 5.41 Å². The Morgan fingerprint density at radius 1 is 0.903 bits per heavy atom. The Bertz CT molecular complexity index is 802. The summed E-state index contributed by atoms with van der Waals surface area (Å²) in [6, 6.07) is 13.5. The first-order chi connectivity index (χ1) is 14.9. The van der Waals surface area contributed by atoms with E-state index in [0.717, 1.165) is 11.1 Å². The highest BCUT2D eigenvalue weighted by molar-refractivity contribution is 6.01. The van der Waals surface area contributed by atoms with Crippen LogP contribution in [0.2, 0.25) is 0 Å². The minimum absolute atomic E-state index is 0.143. The Kier molecular flexibility index (Phi) is 9.19. The Balaban J connectivity index is 2.30. The van der Waals surface area contributed by atoms with Crippen LogP contribution < -0.4 is 0 Å². The molecule has 0 N–H and O–H groups in total. The van der Waals surface area contributed by atoms with Crippen molar-refractivity contribution in [2.45, 2.75) is 47.1 Å². The van der Waals surface area contributed by atoms with E-state index in [0.29, 0.717) is 19.6 Å². The maximum Gasteiger partial charge on any atom is 0.324 e. The molecular weight excluding hydrogens is 394 g/mol. The standard InChI is InChI=1S/C25H33NO5/c1-5-30-22(27)25(23(28)31-6-2,17-21-13-10-15-26-18-21)24(3,4)14-16-29-19-20-11-8-7-9-12-20/h7-13,15,18H,5-6,14,16-17,19H2,1-4H3. The van der Waals surface area contributed by atoms with Gasteiger partial charge in [0.05, 0.1) is 19.8 Å². The molecule has 1 aromatic carbocycles. The molecule has 0 fully saturated rings. The molecular formula is C25H33NO5. The van der Waals surface area contributed by atoms with Gasteiger partial charge in [-0.05, 0) is 42.9 Å². The van der Waals surface area contributed by atoms with Crippen LogP contribution in [-0.2, 0) is 36.8 Å². The fourth-order valence-electron chi connectivity index (χ4n) is 3.64. The summed E-state index contributed by atoms with van der Waals surface area (Å²) in [6.45, 7) is 8.44. The highest BCUT2D eigenvalue weighted by atomic mass is 16.6. The summed E-state index contributed by atoms with van der Waals surface area (Å²) in [6.07, 6.45) is 3.93. The van der Waals surface area contributed by atoms with Gasteiger partial charge in [0, 0.05) is 25.4 Å². The van der Waals surface area contributed by atoms with Crippen LogP contribution in [0.25, 0.3) is 0 Å². The molecule has 168 valence electrons. The zero-order valence-electron chi connectivity index (χ0n) is 18.9. The number of carbonyl (C=O) groups is 2. The Morgan fingerprint density at radius 3 is 2.06 bits per heavy atom. The number of aromatic nitrogens is 1. The SMILES string of the molecule is CCOC(=O)C(Cc1cccnc1)(C(=O)OCC)C(C)(C)CCOCc1ccccc1. The molecule has 0 bridgehead atoms. The molecule has 0 atom stereocenters. The van der Waals surface area contributed by atoms with Gasteiger partial charge >= 0.3 is 11.9 Å². The van der Waals surface area contributed by atoms with Crippen molar-refractivity contribution in [1.82, 2.24) is 4.98 Å². The summed E-state index contributed by atoms with van der Waals surface area (Å²) in [7, 11) is 0. The van der Waals surface area contributed by atoms with Gasteiger partial charge in [-0.3, -0.25) is 14.6 Å². The lowest BCUT2D eigenvalue weighted by atomic mass is 9.61. The third-order valence-corrected chi connectivity index (χ3v) is 5.58. The van der Waals surface area contributed by atoms with Crippen LogP contribution in [0.5, 0.6) is 0 Å². The third-order valence-electron chi connectivity index (χ3n) is 5.58. The van der Waals surface area contributed by atoms with E-state index in [1.54, 1.807) is 32.3 Å². The predicted molar refractivity (Wildman–Crippen MR) is 118 cm³/mol. The number of hydrogen-bond donors (Lipinski definition) is 0. The van der Waals surface area contributed by atoms with Crippen LogP contribution in [0.3, 0.4) is 0 Å². The molecule has 2 aromatic rings. The molecule has 1 aromatic heterocycles. The molecule has 0 saturated carbocycles. The van der Waals surface area contributed by atoms with Crippen LogP contribution in [0.15, 0.2) is 54.9 Å². The second-order valence-electron chi connectivity index (χ2n) is 8.06. The molecule has 0 aliphatic rings. The summed E-state index contributed by atoms with van der Waals surface area (Å²) in [5, 5.41) is 0. The Labute approximate surface area is 184 Å². The lowest BCUT2D eigenvalue weighted by molar-refractivity contribution is -0.183. The topological polar surface area (TPSA) is 74.7 Å². The van der Waals surface area contributed by atoms with Crippen molar-refractivity contribution in [3.63, 3.8) is 0 Å². The average Bonchev–Trinajstić information content (AvgIpc) is 2.76. The number of esters is 2. The number of pyridine rings is 1. The molecule has 0 amide bonds. The van der Waals surface area contributed by atoms with Gasteiger partial charge in [0.25, 0.3) is 0 Å². The highest BCUT2D eigenvalue weighted by Crippen LogP contribution is 2.46. The second-order valence-corrected chi connectivity index (χ2v) is 8.06. The molecule has 0 radical (unpaired) electrons. The summed E-state index contributed by atoms with van der Waals surface area (Å²) < 4.78 is 16.7. The number of benzene rings is 1. The molecule has 0 aliphatic heterocycles. The smallest absolute Gasteiger partial charge is 0.324 e. The van der Waals surface area contributed by atoms with E-state index in [1.807, 2.05) is 50.2 Å². The first kappa shape index (κ1) is 24.5. The third kappa shape index (κ3) is 6.14. The van der Waals surface area contributed by atoms with Gasteiger partial charge < -0.3 is 14.2 Å². The molecule has 0 aliphatic carbocycles. The molecule has 6 nitrogen and oxygen atoms in total. The van der Waals surface area contributed by atoms with Crippen LogP contribution >= 0.6 is 0 Å². The minimum atomic E-state index is -1.52. The molecule has 31 heavy (non-hydrogen) atoms. The number of hydrogen-bond acceptors (Lipinski definition) is 6. The van der Waals surface area contributed by atoms with Gasteiger partial charge in [-0.1, -0.05) is 50.2 Å². The molecule has 1 heterocycles. The average molecular weight is 428 g/mol. The zero-order chi connectivity index (χ0) is 22.7. The molecule has 0 saturated heterocycles. The lowest BCUT2D eigenvalue weighted by Gasteiger charge is -2.42. The van der Waals surface area contributed by atoms with E-state index in [4.69, 9.17) is 14.2 Å². The quantitative estimate of drug-likeness (QED) is 0.284. The van der Waals surface area contributed by atoms with E-state index in [-0.39, 0.29) is 19.6 Å². The fourth-order valence-corrected chi connectivity index (χ4v) is 3.64. The van der Waals surface area contributed by atoms with E-state index in [1.165, 1.54) is 0 Å². The van der Waals surface area contributed by atoms with Crippen molar-refractivity contribution < 1.29 is 23.8 Å². The van der Waals surface area contributed by atoms with E-state index < -0.39 is 22.8 Å². The summed E-state index contributed by atoms with van der Waals surface area (Å²) >= 11 is 0. The predicted octanol–water partition coefficient (Wildman–Crippen LogP) is 4.37. The maximum atomic E-state index is 13.3. The number of nitrogens with zero attached hydrogens (tertiary/aromatic N) is 1. The highest BCUT2D eigenvalue weighted by Gasteiger charge is 2.59. The number of ether oxygens (including phenoxy) is 3. The first-order valence-corrected chi connectivity index (χ1v) is 10.7. The normalized spacial score (nSPS) is 11.7. The van der Waals surface area contributed by atoms with E-state index in [2.05, 4.69) is 4.98 Å². The maximum absolute atomic E-state index is 13.3. The number of rotatable bonds is 12. The van der Waals surface area contributed by atoms with Gasteiger partial charge in [-0.2, -0.15) is 0 Å². The summed E-state index contributed by atoms with van der Waals surface area (Å²) in [4.78, 5) is 30.7. The van der Waals surface area contributed by atoms with Crippen molar-refractivity contribution in [1.29, 1.82) is 0 Å². The zero-order valence-corrected chi connectivity index (χ0v) is 18.9. The van der Waals surface area contributed by atoms with Crippen molar-refractivity contribution in [2.24, 2.45) is 10.8 Å². The number of carbonyl (C=O) groups excluding carboxylic acids is 2. The van der Waals surface area contributed by atoms with Crippen LogP contribution in [0.4, 0.5) is 0 Å². The monoisotopic (exact) mass is 427 g/mol. The molecule has 0 unspecified atom stereocenters. The Morgan fingerprint density at radius 2 is 1.52 bits per heavy atom. The van der Waals surface area contributed by atoms with E-state index in [9.17, 15) is 9.59 Å². The summed E-state index contributed by atoms with van der Waals surface area (Å²) in [5.41, 5.74) is -0.476. The fraction of sp³-hybridized carbons (Fsp3) is 0.480. The molecule has 6 heteroatoms. The van der Waals surface area contributed by atoms with Crippen LogP contribution in [0, 0.1) is 10.8 Å². The molecule has 2 rings (SSSR count). The minimum Gasteiger partial charge on any atom is -0.465 e. The van der Waals surface area contributed by atoms with Crippen LogP contribution in [0.1, 0.15) is 45.2 Å². The van der Waals surface area contributed by atoms with Crippen molar-refractivity contribution >= 4 is 11.9 Å². The van der Waals surface area contributed by atoms with Gasteiger partial charge in [0.1, 0.15) is 0 Å². The van der Waals surface area contributed by atoms with Gasteiger partial charge in [-0.15, -0.1) is 0 Å². The summed E-state index contributed by atoms with van der Waals surface area (Å²) in [5.74, 6) is -1.16. The largest absolute Gasteiger partial charge is 0.465 e. The molecule has 0 spiro atoms. The van der Waals surface area contributed by atoms with Gasteiger partial charge in [-0.25, -0.2) is 0 Å². The Hall–Kier alpha value is -2.73. The van der Waals surface area contributed by atoms with Crippen molar-refractivity contribution in [3.05, 3.63) is 66.0 Å². The van der Waals surface area contributed by atoms with Crippen molar-refractivity contribution in [2.75, 3.05) is 19.8 Å². The van der Waals surface area contributed by atoms with Gasteiger partial charge in [0.2, 0.25) is 0 Å².